The third-order valence-corrected chi connectivity index (χ3v) is 5.41. The number of nitrogens with one attached hydrogen (secondary N) is 2. The molecule has 2 N–H and O–H groups in total. The number of aliphatic imine (C=N–C) groups is 1. The molecule has 1 amide bonds. The predicted molar refractivity (Wildman–Crippen MR) is 116 cm³/mol. The molecule has 1 saturated heterocycles. The third-order valence-electron chi connectivity index (χ3n) is 4.50. The molecular weight excluding hydrogens is 374 g/mol. The molecule has 3 rings (SSSR count). The van der Waals surface area contributed by atoms with Gasteiger partial charge >= 0.3 is 0 Å². The summed E-state index contributed by atoms with van der Waals surface area (Å²) in [6.45, 7) is 9.41. The molecule has 0 aromatic heterocycles. The summed E-state index contributed by atoms with van der Waals surface area (Å²) in [5.41, 5.74) is 5.91. The van der Waals surface area contributed by atoms with E-state index < -0.39 is 0 Å². The quantitative estimate of drug-likeness (QED) is 0.731. The number of nitrogens with zero attached hydrogens (tertiary/aromatic N) is 3. The van der Waals surface area contributed by atoms with Crippen molar-refractivity contribution in [2.45, 2.75) is 20.3 Å². The summed E-state index contributed by atoms with van der Waals surface area (Å²) < 4.78 is 5.36. The van der Waals surface area contributed by atoms with E-state index in [1.54, 1.807) is 11.8 Å². The van der Waals surface area contributed by atoms with Gasteiger partial charge in [-0.3, -0.25) is 20.1 Å². The Morgan fingerprint density at radius 1 is 1.32 bits per heavy atom. The van der Waals surface area contributed by atoms with Gasteiger partial charge in [0.2, 0.25) is 5.91 Å². The maximum atomic E-state index is 11.9. The number of hydrogen-bond acceptors (Lipinski definition) is 6. The number of hydrogen-bond donors (Lipinski definition) is 2. The number of rotatable bonds is 7. The van der Waals surface area contributed by atoms with Gasteiger partial charge < -0.3 is 10.1 Å². The van der Waals surface area contributed by atoms with E-state index in [0.29, 0.717) is 12.3 Å². The maximum Gasteiger partial charge on any atom is 0.224 e. The number of carbonyl (C=O) groups is 1. The normalized spacial score (nSPS) is 19.4. The lowest BCUT2D eigenvalue weighted by atomic mass is 10.1. The second-order valence-electron chi connectivity index (χ2n) is 7.32. The van der Waals surface area contributed by atoms with E-state index in [9.17, 15) is 4.79 Å². The van der Waals surface area contributed by atoms with Crippen molar-refractivity contribution < 1.29 is 9.53 Å². The maximum absolute atomic E-state index is 11.9. The summed E-state index contributed by atoms with van der Waals surface area (Å²) in [6, 6.07) is 7.83. The van der Waals surface area contributed by atoms with Crippen molar-refractivity contribution in [3.63, 3.8) is 0 Å². The monoisotopic (exact) mass is 403 g/mol. The zero-order chi connectivity index (χ0) is 19.8. The van der Waals surface area contributed by atoms with Gasteiger partial charge in [0, 0.05) is 37.5 Å². The zero-order valence-electron chi connectivity index (χ0n) is 16.6. The van der Waals surface area contributed by atoms with Crippen LogP contribution in [0, 0.1) is 5.92 Å². The molecule has 2 heterocycles. The average Bonchev–Trinajstić information content (AvgIpc) is 2.69. The van der Waals surface area contributed by atoms with Crippen LogP contribution in [0.25, 0.3) is 0 Å². The predicted octanol–water partition coefficient (Wildman–Crippen LogP) is 2.40. The number of carbonyl (C=O) groups excluding carboxylic acids is 1. The molecule has 152 valence electrons. The van der Waals surface area contributed by atoms with Crippen LogP contribution in [0.15, 0.2) is 34.4 Å². The lowest BCUT2D eigenvalue weighted by molar-refractivity contribution is -0.116. The van der Waals surface area contributed by atoms with Gasteiger partial charge in [-0.15, -0.1) is 0 Å². The molecule has 0 bridgehead atoms. The highest BCUT2D eigenvalue weighted by atomic mass is 32.2. The largest absolute Gasteiger partial charge is 0.379 e. The Morgan fingerprint density at radius 3 is 2.71 bits per heavy atom. The highest BCUT2D eigenvalue weighted by molar-refractivity contribution is 8.14. The minimum absolute atomic E-state index is 0.0490. The SMILES string of the molecule is CC(C)CC(=O)Nc1ccc(C2=NNC(=NCCN3CCOCC3)SC2)cc1. The summed E-state index contributed by atoms with van der Waals surface area (Å²) in [5.74, 6) is 1.18. The molecule has 0 saturated carbocycles. The van der Waals surface area contributed by atoms with Gasteiger partial charge in [0.15, 0.2) is 5.17 Å². The number of amides is 1. The van der Waals surface area contributed by atoms with E-state index in [-0.39, 0.29) is 5.91 Å². The van der Waals surface area contributed by atoms with Gasteiger partial charge in [0.25, 0.3) is 0 Å². The Bertz CT molecular complexity index is 712. The Morgan fingerprint density at radius 2 is 2.07 bits per heavy atom. The van der Waals surface area contributed by atoms with Crippen molar-refractivity contribution in [2.75, 3.05) is 50.5 Å². The van der Waals surface area contributed by atoms with Gasteiger partial charge in [0.05, 0.1) is 25.5 Å². The van der Waals surface area contributed by atoms with Crippen LogP contribution in [0.5, 0.6) is 0 Å². The molecule has 1 aromatic carbocycles. The summed E-state index contributed by atoms with van der Waals surface area (Å²) in [6.07, 6.45) is 0.530. The van der Waals surface area contributed by atoms with Gasteiger partial charge in [-0.2, -0.15) is 5.10 Å². The first kappa shape index (κ1) is 20.8. The van der Waals surface area contributed by atoms with Crippen LogP contribution in [-0.4, -0.2) is 66.8 Å². The average molecular weight is 404 g/mol. The second kappa shape index (κ2) is 10.6. The lowest BCUT2D eigenvalue weighted by Crippen LogP contribution is -2.38. The highest BCUT2D eigenvalue weighted by Gasteiger charge is 2.14. The highest BCUT2D eigenvalue weighted by Crippen LogP contribution is 2.16. The fourth-order valence-electron chi connectivity index (χ4n) is 2.99. The van der Waals surface area contributed by atoms with Gasteiger partial charge in [-0.1, -0.05) is 37.7 Å². The van der Waals surface area contributed by atoms with Crippen molar-refractivity contribution in [3.8, 4) is 0 Å². The van der Waals surface area contributed by atoms with Crippen LogP contribution in [0.4, 0.5) is 5.69 Å². The molecule has 0 radical (unpaired) electrons. The van der Waals surface area contributed by atoms with Crippen LogP contribution < -0.4 is 10.7 Å². The molecule has 1 fully saturated rings. The van der Waals surface area contributed by atoms with Crippen LogP contribution in [0.1, 0.15) is 25.8 Å². The van der Waals surface area contributed by atoms with Crippen molar-refractivity contribution in [2.24, 2.45) is 16.0 Å². The molecule has 0 unspecified atom stereocenters. The standard InChI is InChI=1S/C20H29N5O2S/c1-15(2)13-19(26)22-17-5-3-16(4-6-17)18-14-28-20(24-23-18)21-7-8-25-9-11-27-12-10-25/h3-6,15H,7-14H2,1-2H3,(H,21,24)(H,22,26). The number of morpholine rings is 1. The number of thioether (sulfide) groups is 1. The lowest BCUT2D eigenvalue weighted by Gasteiger charge is -2.25. The van der Waals surface area contributed by atoms with Gasteiger partial charge in [0.1, 0.15) is 0 Å². The summed E-state index contributed by atoms with van der Waals surface area (Å²) in [7, 11) is 0. The number of benzene rings is 1. The molecule has 0 atom stereocenters. The van der Waals surface area contributed by atoms with E-state index in [4.69, 9.17) is 4.74 Å². The first-order valence-corrected chi connectivity index (χ1v) is 10.8. The Balaban J connectivity index is 1.47. The topological polar surface area (TPSA) is 78.3 Å². The molecular formula is C20H29N5O2S. The van der Waals surface area contributed by atoms with Gasteiger partial charge in [-0.05, 0) is 23.6 Å². The van der Waals surface area contributed by atoms with E-state index in [1.165, 1.54) is 0 Å². The van der Waals surface area contributed by atoms with Crippen LogP contribution in [0.3, 0.4) is 0 Å². The van der Waals surface area contributed by atoms with E-state index in [1.807, 2.05) is 38.1 Å². The number of amidine groups is 1. The molecule has 8 heteroatoms. The van der Waals surface area contributed by atoms with Crippen LogP contribution in [-0.2, 0) is 9.53 Å². The Labute approximate surface area is 171 Å². The van der Waals surface area contributed by atoms with Crippen molar-refractivity contribution in [1.82, 2.24) is 10.3 Å². The van der Waals surface area contributed by atoms with Crippen molar-refractivity contribution >= 4 is 34.2 Å². The summed E-state index contributed by atoms with van der Waals surface area (Å²) in [4.78, 5) is 18.8. The fourth-order valence-corrected chi connectivity index (χ4v) is 3.79. The van der Waals surface area contributed by atoms with Crippen molar-refractivity contribution in [1.29, 1.82) is 0 Å². The minimum Gasteiger partial charge on any atom is -0.379 e. The second-order valence-corrected chi connectivity index (χ2v) is 8.29. The molecule has 0 aliphatic carbocycles. The molecule has 2 aliphatic rings. The molecule has 7 nitrogen and oxygen atoms in total. The minimum atomic E-state index is 0.0490. The number of ether oxygens (including phenoxy) is 1. The number of hydrazone groups is 1. The van der Waals surface area contributed by atoms with E-state index in [0.717, 1.165) is 67.3 Å². The number of anilines is 1. The van der Waals surface area contributed by atoms with Crippen molar-refractivity contribution in [3.05, 3.63) is 29.8 Å². The zero-order valence-corrected chi connectivity index (χ0v) is 17.4. The first-order chi connectivity index (χ1) is 13.6. The molecule has 0 spiro atoms. The summed E-state index contributed by atoms with van der Waals surface area (Å²) >= 11 is 1.67. The third kappa shape index (κ3) is 6.61. The first-order valence-electron chi connectivity index (χ1n) is 9.80. The summed E-state index contributed by atoms with van der Waals surface area (Å²) in [5, 5.41) is 8.27. The molecule has 1 aromatic rings. The van der Waals surface area contributed by atoms with E-state index in [2.05, 4.69) is 25.7 Å². The Hall–Kier alpha value is -1.90. The smallest absolute Gasteiger partial charge is 0.224 e. The van der Waals surface area contributed by atoms with Crippen LogP contribution >= 0.6 is 11.8 Å². The molecule has 2 aliphatic heterocycles. The van der Waals surface area contributed by atoms with Gasteiger partial charge in [-0.25, -0.2) is 0 Å². The molecule has 28 heavy (non-hydrogen) atoms. The Kier molecular flexibility index (Phi) is 7.88. The fraction of sp³-hybridized carbons (Fsp3) is 0.550. The van der Waals surface area contributed by atoms with E-state index >= 15 is 0 Å². The van der Waals surface area contributed by atoms with Crippen LogP contribution in [0.2, 0.25) is 0 Å².